The number of hydrogen-bond acceptors (Lipinski definition) is 5. The summed E-state index contributed by atoms with van der Waals surface area (Å²) in [5.41, 5.74) is 2.30. The number of rotatable bonds is 4. The van der Waals surface area contributed by atoms with Crippen LogP contribution >= 0.6 is 11.7 Å². The Bertz CT molecular complexity index is 758. The molecule has 3 rings (SSSR count). The van der Waals surface area contributed by atoms with Crippen molar-refractivity contribution in [3.05, 3.63) is 18.2 Å². The Balaban J connectivity index is 1.64. The molecule has 1 fully saturated rings. The number of aromatic nitrogens is 2. The van der Waals surface area contributed by atoms with Crippen LogP contribution in [0, 0.1) is 5.92 Å². The maximum atomic E-state index is 12.6. The third-order valence-corrected chi connectivity index (χ3v) is 5.19. The molecule has 2 aromatic rings. The molecular formula is C17H23N5O2S. The van der Waals surface area contributed by atoms with Crippen molar-refractivity contribution in [2.45, 2.75) is 26.7 Å². The van der Waals surface area contributed by atoms with Gasteiger partial charge in [-0.3, -0.25) is 4.79 Å². The third kappa shape index (κ3) is 3.89. The van der Waals surface area contributed by atoms with E-state index in [1.54, 1.807) is 4.90 Å². The number of urea groups is 1. The molecular weight excluding hydrogens is 338 g/mol. The first-order chi connectivity index (χ1) is 12.1. The molecule has 25 heavy (non-hydrogen) atoms. The summed E-state index contributed by atoms with van der Waals surface area (Å²) >= 11 is 1.15. The summed E-state index contributed by atoms with van der Waals surface area (Å²) in [6.45, 7) is 6.53. The maximum absolute atomic E-state index is 12.6. The largest absolute Gasteiger partial charge is 0.343 e. The van der Waals surface area contributed by atoms with Gasteiger partial charge in [0.25, 0.3) is 0 Å². The summed E-state index contributed by atoms with van der Waals surface area (Å²) in [5.74, 6) is 0.0436. The van der Waals surface area contributed by atoms with Gasteiger partial charge in [-0.25, -0.2) is 4.79 Å². The standard InChI is InChI=1S/C17H23N5O2S/c1-3-21(4-2)16(23)12-6-5-9-22(11-12)17(24)18-13-7-8-14-15(10-13)20-25-19-14/h7-8,10,12H,3-6,9,11H2,1-2H3,(H,18,24)/t12-/m1/s1. The van der Waals surface area contributed by atoms with Gasteiger partial charge in [0.1, 0.15) is 11.0 Å². The number of benzene rings is 1. The second-order valence-electron chi connectivity index (χ2n) is 6.19. The highest BCUT2D eigenvalue weighted by Crippen LogP contribution is 2.21. The third-order valence-electron chi connectivity index (χ3n) is 4.64. The summed E-state index contributed by atoms with van der Waals surface area (Å²) in [7, 11) is 0. The van der Waals surface area contributed by atoms with E-state index in [2.05, 4.69) is 14.1 Å². The fraction of sp³-hybridized carbons (Fsp3) is 0.529. The van der Waals surface area contributed by atoms with E-state index in [1.165, 1.54) is 0 Å². The SMILES string of the molecule is CCN(CC)C(=O)[C@@H]1CCCN(C(=O)Nc2ccc3nsnc3c2)C1. The normalized spacial score (nSPS) is 17.5. The van der Waals surface area contributed by atoms with Gasteiger partial charge in [-0.05, 0) is 44.9 Å². The van der Waals surface area contributed by atoms with Crippen LogP contribution in [0.3, 0.4) is 0 Å². The Kier molecular flexibility index (Phi) is 5.47. The van der Waals surface area contributed by atoms with E-state index in [4.69, 9.17) is 0 Å². The first-order valence-corrected chi connectivity index (χ1v) is 9.42. The quantitative estimate of drug-likeness (QED) is 0.908. The van der Waals surface area contributed by atoms with Crippen LogP contribution in [-0.2, 0) is 4.79 Å². The van der Waals surface area contributed by atoms with Crippen molar-refractivity contribution < 1.29 is 9.59 Å². The zero-order chi connectivity index (χ0) is 17.8. The molecule has 1 aromatic heterocycles. The van der Waals surface area contributed by atoms with Crippen molar-refractivity contribution in [1.82, 2.24) is 18.5 Å². The van der Waals surface area contributed by atoms with Crippen LogP contribution in [-0.4, -0.2) is 56.7 Å². The number of nitrogens with one attached hydrogen (secondary N) is 1. The summed E-state index contributed by atoms with van der Waals surface area (Å²) in [6, 6.07) is 5.32. The van der Waals surface area contributed by atoms with E-state index >= 15 is 0 Å². The lowest BCUT2D eigenvalue weighted by Crippen LogP contribution is -2.47. The molecule has 3 amide bonds. The van der Waals surface area contributed by atoms with Crippen LogP contribution in [0.4, 0.5) is 10.5 Å². The molecule has 1 aliphatic heterocycles. The van der Waals surface area contributed by atoms with Gasteiger partial charge in [0.15, 0.2) is 0 Å². The molecule has 0 spiro atoms. The number of likely N-dealkylation sites (tertiary alicyclic amines) is 1. The number of carbonyl (C=O) groups excluding carboxylic acids is 2. The van der Waals surface area contributed by atoms with E-state index in [9.17, 15) is 9.59 Å². The van der Waals surface area contributed by atoms with Gasteiger partial charge < -0.3 is 15.1 Å². The lowest BCUT2D eigenvalue weighted by Gasteiger charge is -2.34. The molecule has 1 saturated heterocycles. The Hall–Kier alpha value is -2.22. The van der Waals surface area contributed by atoms with Crippen molar-refractivity contribution >= 4 is 40.4 Å². The monoisotopic (exact) mass is 361 g/mol. The van der Waals surface area contributed by atoms with Gasteiger partial charge in [0, 0.05) is 31.9 Å². The Morgan fingerprint density at radius 3 is 2.80 bits per heavy atom. The molecule has 2 heterocycles. The van der Waals surface area contributed by atoms with Gasteiger partial charge in [0.2, 0.25) is 5.91 Å². The van der Waals surface area contributed by atoms with Crippen LogP contribution in [0.15, 0.2) is 18.2 Å². The molecule has 0 saturated carbocycles. The van der Waals surface area contributed by atoms with Crippen LogP contribution in [0.25, 0.3) is 11.0 Å². The number of amides is 3. The van der Waals surface area contributed by atoms with Crippen molar-refractivity contribution in [2.75, 3.05) is 31.5 Å². The minimum Gasteiger partial charge on any atom is -0.343 e. The number of fused-ring (bicyclic) bond motifs is 1. The van der Waals surface area contributed by atoms with Gasteiger partial charge in [-0.1, -0.05) is 0 Å². The highest BCUT2D eigenvalue weighted by molar-refractivity contribution is 7.00. The van der Waals surface area contributed by atoms with Crippen molar-refractivity contribution in [3.63, 3.8) is 0 Å². The Labute approximate surface area is 151 Å². The number of carbonyl (C=O) groups is 2. The molecule has 1 aliphatic rings. The minimum atomic E-state index is -0.167. The zero-order valence-electron chi connectivity index (χ0n) is 14.6. The minimum absolute atomic E-state index is 0.107. The average molecular weight is 361 g/mol. The van der Waals surface area contributed by atoms with E-state index in [0.717, 1.165) is 35.6 Å². The molecule has 0 radical (unpaired) electrons. The summed E-state index contributed by atoms with van der Waals surface area (Å²) in [5, 5.41) is 2.91. The lowest BCUT2D eigenvalue weighted by molar-refractivity contribution is -0.136. The molecule has 0 unspecified atom stereocenters. The highest BCUT2D eigenvalue weighted by Gasteiger charge is 2.30. The fourth-order valence-electron chi connectivity index (χ4n) is 3.22. The first kappa shape index (κ1) is 17.6. The second-order valence-corrected chi connectivity index (χ2v) is 6.72. The van der Waals surface area contributed by atoms with E-state index in [1.807, 2.05) is 36.9 Å². The van der Waals surface area contributed by atoms with Crippen molar-refractivity contribution in [2.24, 2.45) is 5.92 Å². The van der Waals surface area contributed by atoms with Crippen LogP contribution in [0.1, 0.15) is 26.7 Å². The molecule has 7 nitrogen and oxygen atoms in total. The van der Waals surface area contributed by atoms with Gasteiger partial charge >= 0.3 is 6.03 Å². The Morgan fingerprint density at radius 2 is 2.04 bits per heavy atom. The van der Waals surface area contributed by atoms with Gasteiger partial charge in [0.05, 0.1) is 17.6 Å². The summed E-state index contributed by atoms with van der Waals surface area (Å²) < 4.78 is 8.34. The van der Waals surface area contributed by atoms with E-state index < -0.39 is 0 Å². The van der Waals surface area contributed by atoms with E-state index in [-0.39, 0.29) is 17.9 Å². The van der Waals surface area contributed by atoms with Crippen LogP contribution < -0.4 is 5.32 Å². The number of piperidine rings is 1. The second kappa shape index (κ2) is 7.77. The average Bonchev–Trinajstić information content (AvgIpc) is 3.10. The molecule has 1 aromatic carbocycles. The van der Waals surface area contributed by atoms with Crippen molar-refractivity contribution in [3.8, 4) is 0 Å². The Morgan fingerprint density at radius 1 is 1.28 bits per heavy atom. The molecule has 0 aliphatic carbocycles. The summed E-state index contributed by atoms with van der Waals surface area (Å²) in [4.78, 5) is 28.7. The van der Waals surface area contributed by atoms with Crippen LogP contribution in [0.2, 0.25) is 0 Å². The number of nitrogens with zero attached hydrogens (tertiary/aromatic N) is 4. The molecule has 134 valence electrons. The smallest absolute Gasteiger partial charge is 0.321 e. The topological polar surface area (TPSA) is 78.4 Å². The number of hydrogen-bond donors (Lipinski definition) is 1. The first-order valence-electron chi connectivity index (χ1n) is 8.69. The van der Waals surface area contributed by atoms with Crippen molar-refractivity contribution in [1.29, 1.82) is 0 Å². The predicted octanol–water partition coefficient (Wildman–Crippen LogP) is 2.80. The fourth-order valence-corrected chi connectivity index (χ4v) is 3.74. The lowest BCUT2D eigenvalue weighted by atomic mass is 9.96. The maximum Gasteiger partial charge on any atom is 0.321 e. The number of anilines is 1. The molecule has 0 bridgehead atoms. The molecule has 1 N–H and O–H groups in total. The summed E-state index contributed by atoms with van der Waals surface area (Å²) in [6.07, 6.45) is 1.69. The highest BCUT2D eigenvalue weighted by atomic mass is 32.1. The van der Waals surface area contributed by atoms with Crippen LogP contribution in [0.5, 0.6) is 0 Å². The molecule has 8 heteroatoms. The zero-order valence-corrected chi connectivity index (χ0v) is 15.4. The predicted molar refractivity (Wildman–Crippen MR) is 98.7 cm³/mol. The van der Waals surface area contributed by atoms with Gasteiger partial charge in [-0.2, -0.15) is 8.75 Å². The van der Waals surface area contributed by atoms with Gasteiger partial charge in [-0.15, -0.1) is 0 Å². The molecule has 1 atom stereocenters. The van der Waals surface area contributed by atoms with E-state index in [0.29, 0.717) is 31.9 Å².